The molecule has 0 bridgehead atoms. The average Bonchev–Trinajstić information content (AvgIpc) is 3.13. The largest absolute Gasteiger partial charge is 0.351 e. The summed E-state index contributed by atoms with van der Waals surface area (Å²) in [5.74, 6) is 0.834. The van der Waals surface area contributed by atoms with Crippen LogP contribution in [-0.2, 0) is 17.9 Å². The van der Waals surface area contributed by atoms with Gasteiger partial charge in [-0.2, -0.15) is 5.10 Å². The second kappa shape index (κ2) is 9.26. The molecule has 176 valence electrons. The highest BCUT2D eigenvalue weighted by atomic mass is 35.5. The van der Waals surface area contributed by atoms with Crippen LogP contribution >= 0.6 is 11.6 Å². The number of hydrogen-bond acceptors (Lipinski definition) is 3. The molecule has 2 heterocycles. The molecule has 3 atom stereocenters. The van der Waals surface area contributed by atoms with Crippen LogP contribution < -0.4 is 10.9 Å². The predicted octanol–water partition coefficient (Wildman–Crippen LogP) is 4.99. The van der Waals surface area contributed by atoms with E-state index >= 15 is 0 Å². The highest BCUT2D eigenvalue weighted by Crippen LogP contribution is 2.30. The van der Waals surface area contributed by atoms with Gasteiger partial charge in [0.15, 0.2) is 0 Å². The molecule has 1 amide bonds. The van der Waals surface area contributed by atoms with Gasteiger partial charge in [0.25, 0.3) is 5.56 Å². The van der Waals surface area contributed by atoms with Crippen molar-refractivity contribution in [1.29, 1.82) is 0 Å². The molecule has 0 saturated heterocycles. The first-order valence-electron chi connectivity index (χ1n) is 11.9. The third-order valence-corrected chi connectivity index (χ3v) is 7.58. The Hall–Kier alpha value is -3.12. The monoisotopic (exact) mass is 476 g/mol. The van der Waals surface area contributed by atoms with E-state index in [-0.39, 0.29) is 24.1 Å². The minimum Gasteiger partial charge on any atom is -0.351 e. The first-order valence-corrected chi connectivity index (χ1v) is 12.3. The van der Waals surface area contributed by atoms with Gasteiger partial charge in [0, 0.05) is 33.9 Å². The van der Waals surface area contributed by atoms with Crippen LogP contribution in [0.3, 0.4) is 0 Å². The van der Waals surface area contributed by atoms with Crippen LogP contribution in [0.4, 0.5) is 0 Å². The number of amides is 1. The number of benzene rings is 2. The number of hydrogen-bond donors (Lipinski definition) is 1. The van der Waals surface area contributed by atoms with E-state index < -0.39 is 0 Å². The molecule has 1 aliphatic rings. The Morgan fingerprint density at radius 1 is 1.12 bits per heavy atom. The van der Waals surface area contributed by atoms with Crippen molar-refractivity contribution in [2.75, 3.05) is 0 Å². The summed E-state index contributed by atoms with van der Waals surface area (Å²) in [7, 11) is 0. The van der Waals surface area contributed by atoms with E-state index in [0.717, 1.165) is 34.7 Å². The maximum atomic E-state index is 13.6. The lowest BCUT2D eigenvalue weighted by Crippen LogP contribution is -2.45. The number of aromatic nitrogens is 3. The Morgan fingerprint density at radius 3 is 2.76 bits per heavy atom. The van der Waals surface area contributed by atoms with Crippen LogP contribution in [0, 0.1) is 11.8 Å². The van der Waals surface area contributed by atoms with Gasteiger partial charge < -0.3 is 9.88 Å². The summed E-state index contributed by atoms with van der Waals surface area (Å²) < 4.78 is 3.28. The average molecular weight is 477 g/mol. The van der Waals surface area contributed by atoms with E-state index in [0.29, 0.717) is 28.9 Å². The molecule has 0 aliphatic heterocycles. The van der Waals surface area contributed by atoms with Crippen LogP contribution in [0.1, 0.15) is 38.7 Å². The number of fused-ring (bicyclic) bond motifs is 3. The van der Waals surface area contributed by atoms with Gasteiger partial charge in [-0.05, 0) is 42.0 Å². The number of rotatable bonds is 5. The zero-order valence-electron chi connectivity index (χ0n) is 19.5. The molecule has 1 N–H and O–H groups in total. The summed E-state index contributed by atoms with van der Waals surface area (Å²) in [4.78, 5) is 26.5. The topological polar surface area (TPSA) is 68.9 Å². The Bertz CT molecular complexity index is 1420. The summed E-state index contributed by atoms with van der Waals surface area (Å²) in [6.07, 6.45) is 4.99. The Labute approximate surface area is 203 Å². The maximum absolute atomic E-state index is 13.6. The Kier molecular flexibility index (Phi) is 6.17. The lowest BCUT2D eigenvalue weighted by molar-refractivity contribution is -0.123. The van der Waals surface area contributed by atoms with Gasteiger partial charge in [-0.25, -0.2) is 4.68 Å². The zero-order valence-corrected chi connectivity index (χ0v) is 20.3. The summed E-state index contributed by atoms with van der Waals surface area (Å²) in [5, 5.41) is 9.92. The Morgan fingerprint density at radius 2 is 1.94 bits per heavy atom. The molecule has 1 saturated carbocycles. The molecular formula is C27H29ClN4O2. The molecule has 5 rings (SSSR count). The predicted molar refractivity (Wildman–Crippen MR) is 136 cm³/mol. The molecule has 34 heavy (non-hydrogen) atoms. The molecule has 2 aromatic carbocycles. The number of nitrogens with zero attached hydrogens (tertiary/aromatic N) is 3. The van der Waals surface area contributed by atoms with Crippen LogP contribution in [-0.4, -0.2) is 26.3 Å². The van der Waals surface area contributed by atoms with Gasteiger partial charge in [-0.3, -0.25) is 9.59 Å². The normalized spacial score (nSPS) is 20.6. The maximum Gasteiger partial charge on any atom is 0.291 e. The molecule has 6 nitrogen and oxygen atoms in total. The van der Waals surface area contributed by atoms with E-state index in [1.807, 2.05) is 53.1 Å². The first-order chi connectivity index (χ1) is 16.4. The Balaban J connectivity index is 1.51. The summed E-state index contributed by atoms with van der Waals surface area (Å²) in [6, 6.07) is 15.7. The van der Waals surface area contributed by atoms with E-state index in [2.05, 4.69) is 24.3 Å². The fraction of sp³-hybridized carbons (Fsp3) is 0.370. The molecule has 0 unspecified atom stereocenters. The molecule has 2 aromatic heterocycles. The molecule has 0 radical (unpaired) electrons. The number of para-hydroxylation sites is 1. The van der Waals surface area contributed by atoms with E-state index in [1.54, 1.807) is 6.20 Å². The highest BCUT2D eigenvalue weighted by Gasteiger charge is 2.28. The van der Waals surface area contributed by atoms with Crippen LogP contribution in [0.5, 0.6) is 0 Å². The second-order valence-corrected chi connectivity index (χ2v) is 9.98. The minimum atomic E-state index is -0.268. The fourth-order valence-electron chi connectivity index (χ4n) is 5.26. The second-order valence-electron chi connectivity index (χ2n) is 9.54. The fourth-order valence-corrected chi connectivity index (χ4v) is 5.48. The summed E-state index contributed by atoms with van der Waals surface area (Å²) in [6.45, 7) is 4.83. The van der Waals surface area contributed by atoms with E-state index in [1.165, 1.54) is 11.1 Å². The SMILES string of the molecule is C[C@@H]1[C@H](C)CCC[C@H]1NC(=O)Cn1ncc2c3ccccc3n(Cc3cccc(Cl)c3)c2c1=O. The zero-order chi connectivity index (χ0) is 23.8. The van der Waals surface area contributed by atoms with Crippen molar-refractivity contribution in [2.45, 2.75) is 52.2 Å². The third kappa shape index (κ3) is 4.23. The van der Waals surface area contributed by atoms with Crippen molar-refractivity contribution in [3.05, 3.63) is 75.7 Å². The van der Waals surface area contributed by atoms with Crippen molar-refractivity contribution in [3.63, 3.8) is 0 Å². The van der Waals surface area contributed by atoms with Gasteiger partial charge in [0.05, 0.1) is 6.20 Å². The summed E-state index contributed by atoms with van der Waals surface area (Å²) >= 11 is 6.20. The van der Waals surface area contributed by atoms with E-state index in [9.17, 15) is 9.59 Å². The van der Waals surface area contributed by atoms with Gasteiger partial charge in [0.2, 0.25) is 5.91 Å². The van der Waals surface area contributed by atoms with Crippen LogP contribution in [0.2, 0.25) is 5.02 Å². The van der Waals surface area contributed by atoms with Gasteiger partial charge >= 0.3 is 0 Å². The summed E-state index contributed by atoms with van der Waals surface area (Å²) in [5.41, 5.74) is 2.22. The third-order valence-electron chi connectivity index (χ3n) is 7.35. The number of halogens is 1. The van der Waals surface area contributed by atoms with Crippen molar-refractivity contribution < 1.29 is 4.79 Å². The van der Waals surface area contributed by atoms with Gasteiger partial charge in [0.1, 0.15) is 12.1 Å². The van der Waals surface area contributed by atoms with Crippen LogP contribution in [0.15, 0.2) is 59.5 Å². The number of nitrogens with one attached hydrogen (secondary N) is 1. The molecular weight excluding hydrogens is 448 g/mol. The molecule has 1 fully saturated rings. The van der Waals surface area contributed by atoms with Crippen molar-refractivity contribution in [2.24, 2.45) is 11.8 Å². The minimum absolute atomic E-state index is 0.0922. The quantitative estimate of drug-likeness (QED) is 0.441. The number of carbonyl (C=O) groups excluding carboxylic acids is 1. The molecule has 4 aromatic rings. The lowest BCUT2D eigenvalue weighted by Gasteiger charge is -2.34. The van der Waals surface area contributed by atoms with E-state index in [4.69, 9.17) is 11.6 Å². The molecule has 1 aliphatic carbocycles. The number of carbonyl (C=O) groups is 1. The van der Waals surface area contributed by atoms with Crippen molar-refractivity contribution in [1.82, 2.24) is 19.7 Å². The first kappa shape index (κ1) is 22.7. The standard InChI is InChI=1S/C27H29ClN4O2/c1-17-7-5-11-23(18(17)2)30-25(33)16-32-27(34)26-22(14-29-32)21-10-3-4-12-24(21)31(26)15-19-8-6-9-20(28)13-19/h3-4,6,8-10,12-14,17-18,23H,5,7,11,15-16H2,1-2H3,(H,30,33)/t17-,18-,23-/m1/s1. The van der Waals surface area contributed by atoms with Crippen LogP contribution in [0.25, 0.3) is 21.8 Å². The van der Waals surface area contributed by atoms with Gasteiger partial charge in [-0.1, -0.05) is 68.6 Å². The highest BCUT2D eigenvalue weighted by molar-refractivity contribution is 6.30. The smallest absolute Gasteiger partial charge is 0.291 e. The molecule has 7 heteroatoms. The van der Waals surface area contributed by atoms with Crippen molar-refractivity contribution in [3.8, 4) is 0 Å². The lowest BCUT2D eigenvalue weighted by atomic mass is 9.78. The van der Waals surface area contributed by atoms with Gasteiger partial charge in [-0.15, -0.1) is 0 Å². The van der Waals surface area contributed by atoms with Crippen molar-refractivity contribution >= 4 is 39.3 Å². The molecule has 0 spiro atoms.